The summed E-state index contributed by atoms with van der Waals surface area (Å²) in [6, 6.07) is 0.655. The fourth-order valence-corrected chi connectivity index (χ4v) is 3.26. The molecule has 0 radical (unpaired) electrons. The summed E-state index contributed by atoms with van der Waals surface area (Å²) >= 11 is 2.36. The molecule has 0 amide bonds. The van der Waals surface area contributed by atoms with E-state index in [-0.39, 0.29) is 0 Å². The Morgan fingerprint density at radius 2 is 1.95 bits per heavy atom. The Hall–Kier alpha value is -0.430. The summed E-state index contributed by atoms with van der Waals surface area (Å²) in [7, 11) is 3.99. The minimum atomic E-state index is 0.587. The first-order chi connectivity index (χ1) is 8.99. The number of anilines is 1. The van der Waals surface area contributed by atoms with Gasteiger partial charge in [0, 0.05) is 32.3 Å². The highest BCUT2D eigenvalue weighted by atomic mass is 127. The van der Waals surface area contributed by atoms with Crippen LogP contribution in [-0.4, -0.2) is 48.1 Å². The summed E-state index contributed by atoms with van der Waals surface area (Å²) in [5, 5.41) is 0. The largest absolute Gasteiger partial charge is 0.347 e. The summed E-state index contributed by atoms with van der Waals surface area (Å²) in [6.07, 6.45) is 4.36. The van der Waals surface area contributed by atoms with E-state index in [0.29, 0.717) is 12.0 Å². The maximum Gasteiger partial charge on any atom is 0.225 e. The smallest absolute Gasteiger partial charge is 0.225 e. The minimum Gasteiger partial charge on any atom is -0.347 e. The summed E-state index contributed by atoms with van der Waals surface area (Å²) in [5.74, 6) is 1.41. The van der Waals surface area contributed by atoms with Crippen LogP contribution in [0, 0.1) is 3.57 Å². The van der Waals surface area contributed by atoms with Gasteiger partial charge in [-0.2, -0.15) is 0 Å². The average molecular weight is 374 g/mol. The van der Waals surface area contributed by atoms with Crippen LogP contribution in [0.3, 0.4) is 0 Å². The van der Waals surface area contributed by atoms with E-state index in [0.717, 1.165) is 5.95 Å². The van der Waals surface area contributed by atoms with E-state index in [1.54, 1.807) is 0 Å². The quantitative estimate of drug-likeness (QED) is 0.762. The molecule has 2 heterocycles. The van der Waals surface area contributed by atoms with Crippen molar-refractivity contribution in [2.45, 2.75) is 38.6 Å². The zero-order chi connectivity index (χ0) is 14.0. The number of likely N-dealkylation sites (tertiary alicyclic amines) is 1. The second kappa shape index (κ2) is 6.35. The highest BCUT2D eigenvalue weighted by Crippen LogP contribution is 2.30. The molecule has 0 aliphatic carbocycles. The van der Waals surface area contributed by atoms with E-state index in [1.165, 1.54) is 35.2 Å². The van der Waals surface area contributed by atoms with Crippen LogP contribution in [0.25, 0.3) is 0 Å². The van der Waals surface area contributed by atoms with Crippen molar-refractivity contribution < 1.29 is 0 Å². The molecule has 0 bridgehead atoms. The van der Waals surface area contributed by atoms with E-state index in [4.69, 9.17) is 4.98 Å². The second-order valence-electron chi connectivity index (χ2n) is 5.70. The topological polar surface area (TPSA) is 32.3 Å². The Kier molecular flexibility index (Phi) is 5.00. The van der Waals surface area contributed by atoms with Gasteiger partial charge in [-0.3, -0.25) is 0 Å². The third kappa shape index (κ3) is 3.56. The van der Waals surface area contributed by atoms with Crippen molar-refractivity contribution in [2.24, 2.45) is 0 Å². The van der Waals surface area contributed by atoms with Crippen LogP contribution in [0.15, 0.2) is 6.20 Å². The van der Waals surface area contributed by atoms with Gasteiger partial charge in [0.25, 0.3) is 0 Å². The molecule has 0 spiro atoms. The molecular formula is C14H23IN4. The predicted octanol–water partition coefficient (Wildman–Crippen LogP) is 2.74. The lowest BCUT2D eigenvalue weighted by Gasteiger charge is -2.34. The van der Waals surface area contributed by atoms with Gasteiger partial charge in [0.2, 0.25) is 5.95 Å². The molecule has 5 heteroatoms. The Labute approximate surface area is 129 Å². The van der Waals surface area contributed by atoms with E-state index >= 15 is 0 Å². The van der Waals surface area contributed by atoms with Crippen LogP contribution < -0.4 is 4.90 Å². The van der Waals surface area contributed by atoms with Crippen molar-refractivity contribution in [2.75, 3.05) is 32.1 Å². The van der Waals surface area contributed by atoms with E-state index in [1.807, 2.05) is 25.2 Å². The third-order valence-corrected chi connectivity index (χ3v) is 4.64. The Balaban J connectivity index is 2.12. The number of hydrogen-bond acceptors (Lipinski definition) is 4. The molecule has 0 N–H and O–H groups in total. The molecular weight excluding hydrogens is 351 g/mol. The highest BCUT2D eigenvalue weighted by molar-refractivity contribution is 14.1. The predicted molar refractivity (Wildman–Crippen MR) is 87.8 cm³/mol. The van der Waals surface area contributed by atoms with Crippen LogP contribution >= 0.6 is 22.6 Å². The summed E-state index contributed by atoms with van der Waals surface area (Å²) in [4.78, 5) is 13.7. The van der Waals surface area contributed by atoms with Crippen LogP contribution in [0.2, 0.25) is 0 Å². The fraction of sp³-hybridized carbons (Fsp3) is 0.714. The molecule has 1 aliphatic heterocycles. The number of aromatic nitrogens is 2. The zero-order valence-electron chi connectivity index (χ0n) is 12.2. The van der Waals surface area contributed by atoms with Gasteiger partial charge in [0.15, 0.2) is 0 Å². The van der Waals surface area contributed by atoms with Crippen molar-refractivity contribution in [3.8, 4) is 0 Å². The first-order valence-corrected chi connectivity index (χ1v) is 8.00. The minimum absolute atomic E-state index is 0.587. The summed E-state index contributed by atoms with van der Waals surface area (Å²) in [5.41, 5.74) is 1.24. The molecule has 0 saturated carbocycles. The van der Waals surface area contributed by atoms with Crippen molar-refractivity contribution in [3.05, 3.63) is 15.5 Å². The average Bonchev–Trinajstić information content (AvgIpc) is 2.39. The van der Waals surface area contributed by atoms with Crippen LogP contribution in [0.5, 0.6) is 0 Å². The van der Waals surface area contributed by atoms with E-state index in [2.05, 4.69) is 46.3 Å². The maximum absolute atomic E-state index is 4.75. The molecule has 0 aromatic carbocycles. The summed E-state index contributed by atoms with van der Waals surface area (Å²) < 4.78 is 1.20. The number of halogens is 1. The Morgan fingerprint density at radius 1 is 1.32 bits per heavy atom. The number of piperidine rings is 1. The molecule has 1 saturated heterocycles. The van der Waals surface area contributed by atoms with Gasteiger partial charge in [0.1, 0.15) is 0 Å². The van der Waals surface area contributed by atoms with Crippen molar-refractivity contribution in [1.29, 1.82) is 0 Å². The van der Waals surface area contributed by atoms with Crippen LogP contribution in [-0.2, 0) is 0 Å². The Morgan fingerprint density at radius 3 is 2.47 bits per heavy atom. The molecule has 106 valence electrons. The van der Waals surface area contributed by atoms with Crippen molar-refractivity contribution in [1.82, 2.24) is 14.9 Å². The number of nitrogens with zero attached hydrogens (tertiary/aromatic N) is 4. The second-order valence-corrected chi connectivity index (χ2v) is 6.86. The zero-order valence-corrected chi connectivity index (χ0v) is 14.4. The number of hydrogen-bond donors (Lipinski definition) is 0. The molecule has 1 aromatic rings. The molecule has 19 heavy (non-hydrogen) atoms. The van der Waals surface area contributed by atoms with Gasteiger partial charge in [-0.25, -0.2) is 9.97 Å². The standard InChI is InChI=1S/C14H23IN4/c1-10(2)19-7-5-11(6-8-19)13-12(15)9-16-14(17-13)18(3)4/h9-11H,5-8H2,1-4H3. The third-order valence-electron chi connectivity index (χ3n) is 3.81. The van der Waals surface area contributed by atoms with Gasteiger partial charge < -0.3 is 9.80 Å². The van der Waals surface area contributed by atoms with E-state index < -0.39 is 0 Å². The maximum atomic E-state index is 4.75. The first kappa shape index (κ1) is 15.0. The lowest BCUT2D eigenvalue weighted by atomic mass is 9.93. The molecule has 0 atom stereocenters. The van der Waals surface area contributed by atoms with Gasteiger partial charge in [-0.1, -0.05) is 0 Å². The van der Waals surface area contributed by atoms with Gasteiger partial charge >= 0.3 is 0 Å². The normalized spacial score (nSPS) is 18.0. The number of rotatable bonds is 3. The molecule has 0 unspecified atom stereocenters. The Bertz CT molecular complexity index is 425. The van der Waals surface area contributed by atoms with Crippen LogP contribution in [0.4, 0.5) is 5.95 Å². The molecule has 2 rings (SSSR count). The molecule has 4 nitrogen and oxygen atoms in total. The summed E-state index contributed by atoms with van der Waals surface area (Å²) in [6.45, 7) is 6.91. The fourth-order valence-electron chi connectivity index (χ4n) is 2.56. The molecule has 1 aliphatic rings. The SMILES string of the molecule is CC(C)N1CCC(c2nc(N(C)C)ncc2I)CC1. The van der Waals surface area contributed by atoms with E-state index in [9.17, 15) is 0 Å². The van der Waals surface area contributed by atoms with Crippen LogP contribution in [0.1, 0.15) is 38.3 Å². The van der Waals surface area contributed by atoms with Gasteiger partial charge in [0.05, 0.1) is 9.26 Å². The molecule has 1 aromatic heterocycles. The van der Waals surface area contributed by atoms with Gasteiger partial charge in [-0.05, 0) is 62.4 Å². The van der Waals surface area contributed by atoms with Crippen molar-refractivity contribution >= 4 is 28.5 Å². The lowest BCUT2D eigenvalue weighted by molar-refractivity contribution is 0.170. The van der Waals surface area contributed by atoms with Crippen molar-refractivity contribution in [3.63, 3.8) is 0 Å². The van der Waals surface area contributed by atoms with Gasteiger partial charge in [-0.15, -0.1) is 0 Å². The first-order valence-electron chi connectivity index (χ1n) is 6.93. The highest BCUT2D eigenvalue weighted by Gasteiger charge is 2.25. The molecule has 1 fully saturated rings. The lowest BCUT2D eigenvalue weighted by Crippen LogP contribution is -2.38. The monoisotopic (exact) mass is 374 g/mol.